The van der Waals surface area contributed by atoms with Crippen LogP contribution in [0.3, 0.4) is 0 Å². The Balaban J connectivity index is 1.78. The SMILES string of the molecule is COC[C@]1(O)CCN(c2cc(C3CC3)ncn2)CC1(C)C. The molecule has 0 bridgehead atoms. The first-order valence-corrected chi connectivity index (χ1v) is 7.73. The molecule has 1 atom stereocenters. The van der Waals surface area contributed by atoms with E-state index in [0.29, 0.717) is 18.9 Å². The molecule has 0 unspecified atom stereocenters. The number of rotatable bonds is 4. The van der Waals surface area contributed by atoms with Gasteiger partial charge in [-0.05, 0) is 19.3 Å². The summed E-state index contributed by atoms with van der Waals surface area (Å²) >= 11 is 0. The molecule has 1 aliphatic carbocycles. The highest BCUT2D eigenvalue weighted by Gasteiger charge is 2.48. The van der Waals surface area contributed by atoms with Gasteiger partial charge in [0.1, 0.15) is 12.1 Å². The van der Waals surface area contributed by atoms with Gasteiger partial charge in [0.25, 0.3) is 0 Å². The smallest absolute Gasteiger partial charge is 0.132 e. The minimum atomic E-state index is -0.773. The van der Waals surface area contributed by atoms with Crippen molar-refractivity contribution in [1.82, 2.24) is 9.97 Å². The molecular formula is C16H25N3O2. The molecule has 1 aliphatic heterocycles. The van der Waals surface area contributed by atoms with Crippen LogP contribution in [0.1, 0.15) is 44.7 Å². The Kier molecular flexibility index (Phi) is 3.66. The molecule has 0 spiro atoms. The molecule has 3 rings (SSSR count). The Hall–Kier alpha value is -1.20. The molecule has 1 N–H and O–H groups in total. The number of anilines is 1. The molecule has 0 aromatic carbocycles. The number of aromatic nitrogens is 2. The fourth-order valence-electron chi connectivity index (χ4n) is 3.20. The Morgan fingerprint density at radius 1 is 1.38 bits per heavy atom. The molecule has 116 valence electrons. The molecule has 1 saturated carbocycles. The second kappa shape index (κ2) is 5.21. The molecule has 1 saturated heterocycles. The van der Waals surface area contributed by atoms with E-state index in [9.17, 15) is 5.11 Å². The summed E-state index contributed by atoms with van der Waals surface area (Å²) in [5.41, 5.74) is 0.145. The Bertz CT molecular complexity index is 516. The molecule has 0 radical (unpaired) electrons. The second-order valence-electron chi connectivity index (χ2n) is 7.10. The van der Waals surface area contributed by atoms with Crippen LogP contribution in [-0.4, -0.2) is 47.5 Å². The van der Waals surface area contributed by atoms with Crippen LogP contribution in [0.5, 0.6) is 0 Å². The van der Waals surface area contributed by atoms with Crippen molar-refractivity contribution in [3.05, 3.63) is 18.1 Å². The summed E-state index contributed by atoms with van der Waals surface area (Å²) in [6.45, 7) is 6.14. The van der Waals surface area contributed by atoms with Gasteiger partial charge in [0.15, 0.2) is 0 Å². The molecule has 2 aliphatic rings. The summed E-state index contributed by atoms with van der Waals surface area (Å²) in [5.74, 6) is 1.62. The van der Waals surface area contributed by atoms with Crippen molar-refractivity contribution in [2.24, 2.45) is 5.41 Å². The number of hydrogen-bond acceptors (Lipinski definition) is 5. The van der Waals surface area contributed by atoms with E-state index in [0.717, 1.165) is 24.6 Å². The molecule has 1 aromatic rings. The molecule has 2 fully saturated rings. The standard InChI is InChI=1S/C16H25N3O2/c1-15(2)9-19(7-6-16(15,20)10-21-3)14-8-13(12-4-5-12)17-11-18-14/h8,11-12,20H,4-7,9-10H2,1-3H3/t16-/m1/s1. The third-order valence-electron chi connectivity index (χ3n) is 5.02. The van der Waals surface area contributed by atoms with Crippen molar-refractivity contribution in [2.75, 3.05) is 31.7 Å². The summed E-state index contributed by atoms with van der Waals surface area (Å²) in [6, 6.07) is 2.12. The summed E-state index contributed by atoms with van der Waals surface area (Å²) in [5, 5.41) is 10.8. The van der Waals surface area contributed by atoms with Crippen LogP contribution in [0, 0.1) is 5.41 Å². The molecule has 0 amide bonds. The highest BCUT2D eigenvalue weighted by atomic mass is 16.5. The maximum absolute atomic E-state index is 10.8. The van der Waals surface area contributed by atoms with Gasteiger partial charge in [-0.3, -0.25) is 0 Å². The third kappa shape index (κ3) is 2.77. The number of aliphatic hydroxyl groups is 1. The predicted octanol–water partition coefficient (Wildman–Crippen LogP) is 1.97. The molecular weight excluding hydrogens is 266 g/mol. The number of hydrogen-bond donors (Lipinski definition) is 1. The van der Waals surface area contributed by atoms with E-state index < -0.39 is 5.60 Å². The number of ether oxygens (including phenoxy) is 1. The lowest BCUT2D eigenvalue weighted by atomic mass is 9.70. The number of methoxy groups -OCH3 is 1. The summed E-state index contributed by atoms with van der Waals surface area (Å²) in [7, 11) is 1.65. The van der Waals surface area contributed by atoms with E-state index in [4.69, 9.17) is 4.74 Å². The van der Waals surface area contributed by atoms with Gasteiger partial charge in [-0.2, -0.15) is 0 Å². The van der Waals surface area contributed by atoms with E-state index in [2.05, 4.69) is 34.8 Å². The van der Waals surface area contributed by atoms with Gasteiger partial charge in [0.05, 0.1) is 12.2 Å². The zero-order valence-electron chi connectivity index (χ0n) is 13.2. The fourth-order valence-corrected chi connectivity index (χ4v) is 3.20. The monoisotopic (exact) mass is 291 g/mol. The van der Waals surface area contributed by atoms with Gasteiger partial charge in [-0.25, -0.2) is 9.97 Å². The van der Waals surface area contributed by atoms with E-state index >= 15 is 0 Å². The highest BCUT2D eigenvalue weighted by Crippen LogP contribution is 2.42. The van der Waals surface area contributed by atoms with E-state index in [1.54, 1.807) is 13.4 Å². The van der Waals surface area contributed by atoms with E-state index in [1.807, 2.05) is 0 Å². The Labute approximate surface area is 126 Å². The first kappa shape index (κ1) is 14.7. The van der Waals surface area contributed by atoms with Crippen molar-refractivity contribution in [3.63, 3.8) is 0 Å². The van der Waals surface area contributed by atoms with Crippen molar-refractivity contribution in [3.8, 4) is 0 Å². The van der Waals surface area contributed by atoms with Crippen LogP contribution >= 0.6 is 0 Å². The van der Waals surface area contributed by atoms with Crippen LogP contribution in [0.4, 0.5) is 5.82 Å². The average Bonchev–Trinajstić information content (AvgIpc) is 3.27. The minimum Gasteiger partial charge on any atom is -0.387 e. The summed E-state index contributed by atoms with van der Waals surface area (Å²) in [6.07, 6.45) is 4.85. The third-order valence-corrected chi connectivity index (χ3v) is 5.02. The van der Waals surface area contributed by atoms with Gasteiger partial charge in [0.2, 0.25) is 0 Å². The molecule has 5 heteroatoms. The fraction of sp³-hybridized carbons (Fsp3) is 0.750. The van der Waals surface area contributed by atoms with Crippen molar-refractivity contribution >= 4 is 5.82 Å². The van der Waals surface area contributed by atoms with Crippen LogP contribution in [0.15, 0.2) is 12.4 Å². The molecule has 1 aromatic heterocycles. The maximum Gasteiger partial charge on any atom is 0.132 e. The second-order valence-corrected chi connectivity index (χ2v) is 7.10. The average molecular weight is 291 g/mol. The van der Waals surface area contributed by atoms with E-state index in [1.165, 1.54) is 12.8 Å². The van der Waals surface area contributed by atoms with Crippen LogP contribution in [-0.2, 0) is 4.74 Å². The van der Waals surface area contributed by atoms with Gasteiger partial charge in [-0.1, -0.05) is 13.8 Å². The topological polar surface area (TPSA) is 58.5 Å². The van der Waals surface area contributed by atoms with Crippen LogP contribution in [0.2, 0.25) is 0 Å². The van der Waals surface area contributed by atoms with Gasteiger partial charge in [-0.15, -0.1) is 0 Å². The number of nitrogens with zero attached hydrogens (tertiary/aromatic N) is 3. The normalized spacial score (nSPS) is 28.7. The lowest BCUT2D eigenvalue weighted by Crippen LogP contribution is -2.59. The van der Waals surface area contributed by atoms with Crippen LogP contribution < -0.4 is 4.90 Å². The minimum absolute atomic E-state index is 0.244. The predicted molar refractivity (Wildman–Crippen MR) is 81.4 cm³/mol. The zero-order chi connectivity index (χ0) is 15.1. The first-order valence-electron chi connectivity index (χ1n) is 7.73. The number of piperidine rings is 1. The van der Waals surface area contributed by atoms with Crippen molar-refractivity contribution in [2.45, 2.75) is 44.6 Å². The molecule has 21 heavy (non-hydrogen) atoms. The van der Waals surface area contributed by atoms with Gasteiger partial charge >= 0.3 is 0 Å². The highest BCUT2D eigenvalue weighted by molar-refractivity contribution is 5.42. The van der Waals surface area contributed by atoms with Crippen LogP contribution in [0.25, 0.3) is 0 Å². The van der Waals surface area contributed by atoms with E-state index in [-0.39, 0.29) is 5.41 Å². The zero-order valence-corrected chi connectivity index (χ0v) is 13.2. The maximum atomic E-state index is 10.8. The largest absolute Gasteiger partial charge is 0.387 e. The van der Waals surface area contributed by atoms with Gasteiger partial charge in [0, 0.05) is 43.3 Å². The molecule has 5 nitrogen and oxygen atoms in total. The summed E-state index contributed by atoms with van der Waals surface area (Å²) in [4.78, 5) is 11.1. The first-order chi connectivity index (χ1) is 9.95. The lowest BCUT2D eigenvalue weighted by Gasteiger charge is -2.50. The lowest BCUT2D eigenvalue weighted by molar-refractivity contribution is -0.122. The van der Waals surface area contributed by atoms with Crippen molar-refractivity contribution < 1.29 is 9.84 Å². The quantitative estimate of drug-likeness (QED) is 0.919. The summed E-state index contributed by atoms with van der Waals surface area (Å²) < 4.78 is 5.23. The van der Waals surface area contributed by atoms with Crippen molar-refractivity contribution in [1.29, 1.82) is 0 Å². The van der Waals surface area contributed by atoms with Gasteiger partial charge < -0.3 is 14.7 Å². The Morgan fingerprint density at radius 2 is 2.14 bits per heavy atom. The Morgan fingerprint density at radius 3 is 2.76 bits per heavy atom. The molecule has 2 heterocycles.